The summed E-state index contributed by atoms with van der Waals surface area (Å²) in [4.78, 5) is 11.5. The summed E-state index contributed by atoms with van der Waals surface area (Å²) in [6.45, 7) is 0. The maximum atomic E-state index is 11.5. The molecule has 0 heterocycles. The maximum Gasteiger partial charge on any atom is 0.309 e. The van der Waals surface area contributed by atoms with Crippen molar-refractivity contribution in [2.24, 2.45) is 17.8 Å². The fraction of sp³-hybridized carbons (Fsp3) is 0.727. The van der Waals surface area contributed by atoms with Crippen LogP contribution >= 0.6 is 0 Å². The largest absolute Gasteiger partial charge is 0.469 e. The molecule has 72 valence electrons. The lowest BCUT2D eigenvalue weighted by atomic mass is 9.78. The lowest BCUT2D eigenvalue weighted by Gasteiger charge is -2.27. The number of allylic oxidation sites excluding steroid dienone is 2. The highest BCUT2D eigenvalue weighted by atomic mass is 16.5. The second-order valence-electron chi connectivity index (χ2n) is 4.05. The van der Waals surface area contributed by atoms with Crippen LogP contribution in [-0.4, -0.2) is 13.1 Å². The Morgan fingerprint density at radius 1 is 1.46 bits per heavy atom. The SMILES string of the molecule is COC(=O)[C@@H]1CC=C[C@H]2CCC[C@H]21. The van der Waals surface area contributed by atoms with E-state index in [1.807, 2.05) is 0 Å². The van der Waals surface area contributed by atoms with E-state index in [1.54, 1.807) is 0 Å². The van der Waals surface area contributed by atoms with Crippen LogP contribution in [0.25, 0.3) is 0 Å². The van der Waals surface area contributed by atoms with Crippen LogP contribution in [0.4, 0.5) is 0 Å². The first-order valence-corrected chi connectivity index (χ1v) is 5.07. The molecule has 2 nitrogen and oxygen atoms in total. The third-order valence-electron chi connectivity index (χ3n) is 3.42. The molecule has 0 bridgehead atoms. The molecule has 1 fully saturated rings. The number of fused-ring (bicyclic) bond motifs is 1. The van der Waals surface area contributed by atoms with Gasteiger partial charge in [0.25, 0.3) is 0 Å². The van der Waals surface area contributed by atoms with Crippen molar-refractivity contribution in [3.63, 3.8) is 0 Å². The molecule has 1 saturated carbocycles. The average Bonchev–Trinajstić information content (AvgIpc) is 2.63. The zero-order valence-electron chi connectivity index (χ0n) is 8.03. The molecule has 2 aliphatic carbocycles. The smallest absolute Gasteiger partial charge is 0.309 e. The summed E-state index contributed by atoms with van der Waals surface area (Å²) in [6.07, 6.45) is 9.05. The van der Waals surface area contributed by atoms with Gasteiger partial charge in [0.2, 0.25) is 0 Å². The standard InChI is InChI=1S/C11H16O2/c1-13-11(12)10-7-3-5-8-4-2-6-9(8)10/h3,5,8-10H,2,4,6-7H2,1H3/t8-,9-,10-/m1/s1. The molecule has 0 amide bonds. The molecule has 13 heavy (non-hydrogen) atoms. The summed E-state index contributed by atoms with van der Waals surface area (Å²) in [6, 6.07) is 0. The van der Waals surface area contributed by atoms with Gasteiger partial charge < -0.3 is 4.74 Å². The van der Waals surface area contributed by atoms with Crippen LogP contribution in [0.2, 0.25) is 0 Å². The number of esters is 1. The van der Waals surface area contributed by atoms with Crippen LogP contribution < -0.4 is 0 Å². The van der Waals surface area contributed by atoms with Crippen molar-refractivity contribution in [1.29, 1.82) is 0 Å². The van der Waals surface area contributed by atoms with E-state index < -0.39 is 0 Å². The van der Waals surface area contributed by atoms with E-state index >= 15 is 0 Å². The van der Waals surface area contributed by atoms with Crippen LogP contribution in [0.1, 0.15) is 25.7 Å². The minimum atomic E-state index is -0.0127. The van der Waals surface area contributed by atoms with Crippen LogP contribution in [0.15, 0.2) is 12.2 Å². The number of carbonyl (C=O) groups is 1. The van der Waals surface area contributed by atoms with Crippen molar-refractivity contribution in [3.8, 4) is 0 Å². The van der Waals surface area contributed by atoms with Gasteiger partial charge >= 0.3 is 5.97 Å². The van der Waals surface area contributed by atoms with E-state index in [0.29, 0.717) is 11.8 Å². The maximum absolute atomic E-state index is 11.5. The zero-order valence-corrected chi connectivity index (χ0v) is 8.03. The van der Waals surface area contributed by atoms with Crippen molar-refractivity contribution >= 4 is 5.97 Å². The minimum Gasteiger partial charge on any atom is -0.469 e. The molecule has 0 aromatic rings. The number of hydrogen-bond donors (Lipinski definition) is 0. The van der Waals surface area contributed by atoms with Crippen LogP contribution in [0.3, 0.4) is 0 Å². The molecule has 0 spiro atoms. The van der Waals surface area contributed by atoms with Crippen molar-refractivity contribution in [3.05, 3.63) is 12.2 Å². The Bertz CT molecular complexity index is 232. The highest BCUT2D eigenvalue weighted by Crippen LogP contribution is 2.42. The lowest BCUT2D eigenvalue weighted by molar-refractivity contribution is -0.147. The number of methoxy groups -OCH3 is 1. The van der Waals surface area contributed by atoms with E-state index in [-0.39, 0.29) is 11.9 Å². The van der Waals surface area contributed by atoms with E-state index in [1.165, 1.54) is 26.4 Å². The van der Waals surface area contributed by atoms with Crippen molar-refractivity contribution in [2.75, 3.05) is 7.11 Å². The molecule has 3 atom stereocenters. The van der Waals surface area contributed by atoms with Gasteiger partial charge in [-0.2, -0.15) is 0 Å². The molecule has 2 aliphatic rings. The van der Waals surface area contributed by atoms with Gasteiger partial charge in [0, 0.05) is 0 Å². The quantitative estimate of drug-likeness (QED) is 0.456. The van der Waals surface area contributed by atoms with Crippen molar-refractivity contribution < 1.29 is 9.53 Å². The lowest BCUT2D eigenvalue weighted by Crippen LogP contribution is -2.28. The summed E-state index contributed by atoms with van der Waals surface area (Å²) >= 11 is 0. The molecule has 0 N–H and O–H groups in total. The van der Waals surface area contributed by atoms with E-state index in [0.717, 1.165) is 6.42 Å². The van der Waals surface area contributed by atoms with Gasteiger partial charge in [0.05, 0.1) is 13.0 Å². The number of hydrogen-bond acceptors (Lipinski definition) is 2. The van der Waals surface area contributed by atoms with E-state index in [4.69, 9.17) is 4.74 Å². The number of carbonyl (C=O) groups excluding carboxylic acids is 1. The molecule has 0 aromatic heterocycles. The van der Waals surface area contributed by atoms with Gasteiger partial charge in [-0.05, 0) is 31.1 Å². The Labute approximate surface area is 79.0 Å². The minimum absolute atomic E-state index is 0.0127. The first-order valence-electron chi connectivity index (χ1n) is 5.07. The third kappa shape index (κ3) is 1.50. The molecule has 0 aliphatic heterocycles. The highest BCUT2D eigenvalue weighted by molar-refractivity contribution is 5.73. The van der Waals surface area contributed by atoms with Crippen LogP contribution in [-0.2, 0) is 9.53 Å². The van der Waals surface area contributed by atoms with Crippen molar-refractivity contribution in [2.45, 2.75) is 25.7 Å². The molecule has 2 rings (SSSR count). The molecule has 0 saturated heterocycles. The summed E-state index contributed by atoms with van der Waals surface area (Å²) in [5, 5.41) is 0. The van der Waals surface area contributed by atoms with Crippen LogP contribution in [0, 0.1) is 17.8 Å². The predicted molar refractivity (Wildman–Crippen MR) is 50.1 cm³/mol. The Morgan fingerprint density at radius 2 is 2.31 bits per heavy atom. The zero-order chi connectivity index (χ0) is 9.26. The van der Waals surface area contributed by atoms with Crippen molar-refractivity contribution in [1.82, 2.24) is 0 Å². The van der Waals surface area contributed by atoms with Gasteiger partial charge in [-0.25, -0.2) is 0 Å². The Hall–Kier alpha value is -0.790. The van der Waals surface area contributed by atoms with Gasteiger partial charge in [0.15, 0.2) is 0 Å². The van der Waals surface area contributed by atoms with E-state index in [9.17, 15) is 4.79 Å². The number of rotatable bonds is 1. The highest BCUT2D eigenvalue weighted by Gasteiger charge is 2.38. The third-order valence-corrected chi connectivity index (χ3v) is 3.42. The van der Waals surface area contributed by atoms with Gasteiger partial charge in [-0.1, -0.05) is 18.6 Å². The molecule has 0 radical (unpaired) electrons. The van der Waals surface area contributed by atoms with Gasteiger partial charge in [0.1, 0.15) is 0 Å². The summed E-state index contributed by atoms with van der Waals surface area (Å²) in [5.41, 5.74) is 0. The van der Waals surface area contributed by atoms with Gasteiger partial charge in [-0.3, -0.25) is 4.79 Å². The van der Waals surface area contributed by atoms with Crippen LogP contribution in [0.5, 0.6) is 0 Å². The second-order valence-corrected chi connectivity index (χ2v) is 4.05. The molecule has 0 aromatic carbocycles. The Morgan fingerprint density at radius 3 is 3.08 bits per heavy atom. The predicted octanol–water partition coefficient (Wildman–Crippen LogP) is 2.15. The summed E-state index contributed by atoms with van der Waals surface area (Å²) in [5.74, 6) is 1.35. The Kier molecular flexibility index (Phi) is 2.38. The number of ether oxygens (including phenoxy) is 1. The fourth-order valence-corrected chi connectivity index (χ4v) is 2.75. The Balaban J connectivity index is 2.12. The second kappa shape index (κ2) is 3.52. The van der Waals surface area contributed by atoms with Gasteiger partial charge in [-0.15, -0.1) is 0 Å². The monoisotopic (exact) mass is 180 g/mol. The summed E-state index contributed by atoms with van der Waals surface area (Å²) < 4.78 is 4.83. The average molecular weight is 180 g/mol. The first kappa shape index (κ1) is 8.79. The molecular weight excluding hydrogens is 164 g/mol. The molecular formula is C11H16O2. The normalized spacial score (nSPS) is 37.2. The molecule has 0 unspecified atom stereocenters. The van der Waals surface area contributed by atoms with E-state index in [2.05, 4.69) is 12.2 Å². The first-order chi connectivity index (χ1) is 6.33. The summed E-state index contributed by atoms with van der Waals surface area (Å²) in [7, 11) is 1.49. The topological polar surface area (TPSA) is 26.3 Å². The fourth-order valence-electron chi connectivity index (χ4n) is 2.75. The molecule has 2 heteroatoms.